The highest BCUT2D eigenvalue weighted by atomic mass is 16.5. The fourth-order valence-corrected chi connectivity index (χ4v) is 2.53. The predicted molar refractivity (Wildman–Crippen MR) is 82.0 cm³/mol. The van der Waals surface area contributed by atoms with Crippen LogP contribution in [0.5, 0.6) is 0 Å². The zero-order chi connectivity index (χ0) is 14.4. The van der Waals surface area contributed by atoms with Crippen LogP contribution in [0, 0.1) is 0 Å². The molecule has 0 radical (unpaired) electrons. The molecule has 1 aliphatic carbocycles. The number of hydrogen-bond donors (Lipinski definition) is 2. The van der Waals surface area contributed by atoms with Crippen LogP contribution in [0.4, 0.5) is 11.6 Å². The van der Waals surface area contributed by atoms with E-state index in [1.54, 1.807) is 0 Å². The van der Waals surface area contributed by atoms with Crippen LogP contribution in [-0.2, 0) is 11.3 Å². The Bertz CT molecular complexity index is 426. The Kier molecular flexibility index (Phi) is 5.17. The summed E-state index contributed by atoms with van der Waals surface area (Å²) in [4.78, 5) is 9.05. The largest absolute Gasteiger partial charge is 0.374 e. The van der Waals surface area contributed by atoms with E-state index in [0.717, 1.165) is 30.4 Å². The summed E-state index contributed by atoms with van der Waals surface area (Å²) in [7, 11) is 0. The zero-order valence-electron chi connectivity index (χ0n) is 12.8. The first-order valence-electron chi connectivity index (χ1n) is 7.69. The maximum atomic E-state index is 5.42. The molecule has 1 saturated carbocycles. The minimum atomic E-state index is 0.237. The molecule has 0 aliphatic heterocycles. The van der Waals surface area contributed by atoms with Gasteiger partial charge in [-0.3, -0.25) is 0 Å². The first-order valence-corrected chi connectivity index (χ1v) is 7.69. The van der Waals surface area contributed by atoms with Gasteiger partial charge in [0.25, 0.3) is 0 Å². The highest BCUT2D eigenvalue weighted by molar-refractivity contribution is 5.49. The molecule has 0 unspecified atom stereocenters. The summed E-state index contributed by atoms with van der Waals surface area (Å²) in [5.74, 6) is 2.51. The van der Waals surface area contributed by atoms with Gasteiger partial charge in [0.1, 0.15) is 18.2 Å². The summed E-state index contributed by atoms with van der Waals surface area (Å²) in [5, 5.41) is 6.87. The Morgan fingerprint density at radius 1 is 1.20 bits per heavy atom. The molecule has 0 spiro atoms. The van der Waals surface area contributed by atoms with Gasteiger partial charge in [0, 0.05) is 24.8 Å². The van der Waals surface area contributed by atoms with Crippen molar-refractivity contribution in [2.24, 2.45) is 0 Å². The third-order valence-electron chi connectivity index (χ3n) is 3.95. The van der Waals surface area contributed by atoms with Crippen molar-refractivity contribution in [2.45, 2.75) is 58.6 Å². The third kappa shape index (κ3) is 3.60. The van der Waals surface area contributed by atoms with E-state index >= 15 is 0 Å². The molecule has 1 aromatic heterocycles. The average Bonchev–Trinajstić information content (AvgIpc) is 2.41. The molecule has 1 aromatic rings. The minimum absolute atomic E-state index is 0.237. The lowest BCUT2D eigenvalue weighted by atomic mass is 9.75. The lowest BCUT2D eigenvalue weighted by molar-refractivity contribution is 0.128. The van der Waals surface area contributed by atoms with Crippen LogP contribution < -0.4 is 10.6 Å². The predicted octanol–water partition coefficient (Wildman–Crippen LogP) is 3.19. The quantitative estimate of drug-likeness (QED) is 0.764. The molecule has 2 rings (SSSR count). The smallest absolute Gasteiger partial charge is 0.158 e. The molecule has 0 atom stereocenters. The van der Waals surface area contributed by atoms with Crippen LogP contribution in [0.25, 0.3) is 0 Å². The lowest BCUT2D eigenvalue weighted by Gasteiger charge is -2.42. The Morgan fingerprint density at radius 2 is 1.95 bits per heavy atom. The standard InChI is InChI=1S/C15H26N4O/c1-4-15(8-7-9-15)19-13-10-12(16-5-2)17-14(18-13)11-20-6-3/h10H,4-9,11H2,1-3H3,(H2,16,17,18,19). The number of nitrogens with zero attached hydrogens (tertiary/aromatic N) is 2. The molecule has 1 fully saturated rings. The first-order chi connectivity index (χ1) is 9.71. The Labute approximate surface area is 121 Å². The van der Waals surface area contributed by atoms with Crippen LogP contribution in [0.1, 0.15) is 52.3 Å². The van der Waals surface area contributed by atoms with Crippen molar-refractivity contribution in [3.8, 4) is 0 Å². The van der Waals surface area contributed by atoms with Crippen molar-refractivity contribution in [1.29, 1.82) is 0 Å². The van der Waals surface area contributed by atoms with Gasteiger partial charge in [0.15, 0.2) is 5.82 Å². The van der Waals surface area contributed by atoms with E-state index in [0.29, 0.717) is 13.2 Å². The van der Waals surface area contributed by atoms with Crippen LogP contribution in [0.2, 0.25) is 0 Å². The number of aromatic nitrogens is 2. The Balaban J connectivity index is 2.15. The monoisotopic (exact) mass is 278 g/mol. The number of anilines is 2. The van der Waals surface area contributed by atoms with Crippen molar-refractivity contribution < 1.29 is 4.74 Å². The first kappa shape index (κ1) is 15.0. The van der Waals surface area contributed by atoms with Crippen LogP contribution >= 0.6 is 0 Å². The second-order valence-corrected chi connectivity index (χ2v) is 5.33. The number of rotatable bonds is 8. The van der Waals surface area contributed by atoms with E-state index in [4.69, 9.17) is 4.74 Å². The molecule has 0 saturated heterocycles. The van der Waals surface area contributed by atoms with E-state index in [2.05, 4.69) is 34.4 Å². The van der Waals surface area contributed by atoms with E-state index in [1.807, 2.05) is 13.0 Å². The fraction of sp³-hybridized carbons (Fsp3) is 0.733. The van der Waals surface area contributed by atoms with Crippen molar-refractivity contribution >= 4 is 11.6 Å². The molecule has 0 amide bonds. The van der Waals surface area contributed by atoms with Crippen molar-refractivity contribution in [3.05, 3.63) is 11.9 Å². The van der Waals surface area contributed by atoms with E-state index in [1.165, 1.54) is 19.3 Å². The molecule has 0 aromatic carbocycles. The zero-order valence-corrected chi connectivity index (χ0v) is 12.8. The molecule has 20 heavy (non-hydrogen) atoms. The molecular weight excluding hydrogens is 252 g/mol. The minimum Gasteiger partial charge on any atom is -0.374 e. The van der Waals surface area contributed by atoms with E-state index < -0.39 is 0 Å². The number of ether oxygens (including phenoxy) is 1. The van der Waals surface area contributed by atoms with Gasteiger partial charge in [-0.25, -0.2) is 9.97 Å². The average molecular weight is 278 g/mol. The van der Waals surface area contributed by atoms with Gasteiger partial charge in [0.2, 0.25) is 0 Å². The van der Waals surface area contributed by atoms with Gasteiger partial charge in [-0.15, -0.1) is 0 Å². The molecule has 5 nitrogen and oxygen atoms in total. The van der Waals surface area contributed by atoms with Crippen molar-refractivity contribution in [3.63, 3.8) is 0 Å². The van der Waals surface area contributed by atoms with E-state index in [9.17, 15) is 0 Å². The van der Waals surface area contributed by atoms with Gasteiger partial charge < -0.3 is 15.4 Å². The Morgan fingerprint density at radius 3 is 2.50 bits per heavy atom. The Hall–Kier alpha value is -1.36. The number of nitrogens with one attached hydrogen (secondary N) is 2. The second-order valence-electron chi connectivity index (χ2n) is 5.33. The molecule has 2 N–H and O–H groups in total. The van der Waals surface area contributed by atoms with Gasteiger partial charge in [-0.1, -0.05) is 6.92 Å². The summed E-state index contributed by atoms with van der Waals surface area (Å²) < 4.78 is 5.42. The molecule has 112 valence electrons. The molecule has 0 bridgehead atoms. The second kappa shape index (κ2) is 6.88. The maximum absolute atomic E-state index is 5.42. The topological polar surface area (TPSA) is 59.1 Å². The van der Waals surface area contributed by atoms with E-state index in [-0.39, 0.29) is 5.54 Å². The summed E-state index contributed by atoms with van der Waals surface area (Å²) in [6.07, 6.45) is 4.89. The van der Waals surface area contributed by atoms with Crippen LogP contribution in [0.3, 0.4) is 0 Å². The molecule has 1 aliphatic rings. The number of hydrogen-bond acceptors (Lipinski definition) is 5. The highest BCUT2D eigenvalue weighted by Gasteiger charge is 2.35. The molecule has 1 heterocycles. The summed E-state index contributed by atoms with van der Waals surface area (Å²) in [6.45, 7) is 8.27. The fourth-order valence-electron chi connectivity index (χ4n) is 2.53. The SMILES string of the molecule is CCNc1cc(NC2(CC)CCC2)nc(COCC)n1. The summed E-state index contributed by atoms with van der Waals surface area (Å²) in [5.41, 5.74) is 0.237. The molecule has 5 heteroatoms. The van der Waals surface area contributed by atoms with Gasteiger partial charge in [-0.2, -0.15) is 0 Å². The maximum Gasteiger partial charge on any atom is 0.158 e. The van der Waals surface area contributed by atoms with Gasteiger partial charge >= 0.3 is 0 Å². The molecular formula is C15H26N4O. The van der Waals surface area contributed by atoms with Crippen molar-refractivity contribution in [2.75, 3.05) is 23.8 Å². The summed E-state index contributed by atoms with van der Waals surface area (Å²) >= 11 is 0. The third-order valence-corrected chi connectivity index (χ3v) is 3.95. The van der Waals surface area contributed by atoms with Crippen LogP contribution in [-0.4, -0.2) is 28.7 Å². The van der Waals surface area contributed by atoms with Crippen LogP contribution in [0.15, 0.2) is 6.07 Å². The normalized spacial score (nSPS) is 16.6. The van der Waals surface area contributed by atoms with Gasteiger partial charge in [-0.05, 0) is 39.5 Å². The lowest BCUT2D eigenvalue weighted by Crippen LogP contribution is -2.44. The highest BCUT2D eigenvalue weighted by Crippen LogP contribution is 2.37. The van der Waals surface area contributed by atoms with Gasteiger partial charge in [0.05, 0.1) is 0 Å². The van der Waals surface area contributed by atoms with Crippen molar-refractivity contribution in [1.82, 2.24) is 9.97 Å². The summed E-state index contributed by atoms with van der Waals surface area (Å²) in [6, 6.07) is 1.99.